The molecular formula is C10H13N3O5. The van der Waals surface area contributed by atoms with Crippen molar-refractivity contribution in [1.29, 1.82) is 0 Å². The van der Waals surface area contributed by atoms with Crippen molar-refractivity contribution in [3.8, 4) is 0 Å². The lowest BCUT2D eigenvalue weighted by molar-refractivity contribution is -0.394. The molecule has 0 aliphatic heterocycles. The molecule has 1 rings (SSSR count). The van der Waals surface area contributed by atoms with E-state index < -0.39 is 9.85 Å². The Labute approximate surface area is 103 Å². The Kier molecular flexibility index (Phi) is 5.15. The van der Waals surface area contributed by atoms with Gasteiger partial charge in [0.25, 0.3) is 11.4 Å². The first-order valence-electron chi connectivity index (χ1n) is 5.25. The standard InChI is InChI=1S/C10H13N3O5/c11-4-1-5-18-7-8-2-3-9(12(14)15)6-10(8)13(16)17/h2-3,6H,1,4-5,7,11H2. The molecule has 0 saturated heterocycles. The minimum atomic E-state index is -0.675. The van der Waals surface area contributed by atoms with Gasteiger partial charge >= 0.3 is 0 Å². The van der Waals surface area contributed by atoms with E-state index in [9.17, 15) is 20.2 Å². The highest BCUT2D eigenvalue weighted by atomic mass is 16.6. The molecule has 1 aromatic rings. The van der Waals surface area contributed by atoms with Gasteiger partial charge in [0.1, 0.15) is 0 Å². The van der Waals surface area contributed by atoms with Crippen LogP contribution in [0.1, 0.15) is 12.0 Å². The number of benzene rings is 1. The molecule has 0 unspecified atom stereocenters. The number of nitro groups is 2. The van der Waals surface area contributed by atoms with Crippen molar-refractivity contribution in [2.45, 2.75) is 13.0 Å². The Morgan fingerprint density at radius 3 is 2.50 bits per heavy atom. The molecule has 8 nitrogen and oxygen atoms in total. The van der Waals surface area contributed by atoms with Gasteiger partial charge in [0, 0.05) is 12.7 Å². The summed E-state index contributed by atoms with van der Waals surface area (Å²) in [6.45, 7) is 0.904. The molecule has 0 aliphatic carbocycles. The topological polar surface area (TPSA) is 122 Å². The number of non-ortho nitro benzene ring substituents is 1. The zero-order valence-electron chi connectivity index (χ0n) is 9.57. The number of ether oxygens (including phenoxy) is 1. The van der Waals surface area contributed by atoms with Gasteiger partial charge in [-0.2, -0.15) is 0 Å². The molecule has 1 aromatic carbocycles. The van der Waals surface area contributed by atoms with Crippen molar-refractivity contribution in [3.05, 3.63) is 44.0 Å². The van der Waals surface area contributed by atoms with E-state index in [1.54, 1.807) is 0 Å². The highest BCUT2D eigenvalue weighted by Gasteiger charge is 2.19. The lowest BCUT2D eigenvalue weighted by atomic mass is 10.1. The van der Waals surface area contributed by atoms with E-state index >= 15 is 0 Å². The van der Waals surface area contributed by atoms with Gasteiger partial charge in [0.2, 0.25) is 0 Å². The van der Waals surface area contributed by atoms with Crippen molar-refractivity contribution in [3.63, 3.8) is 0 Å². The Balaban J connectivity index is 2.83. The number of nitro benzene ring substituents is 2. The molecule has 8 heteroatoms. The Morgan fingerprint density at radius 1 is 1.22 bits per heavy atom. The minimum absolute atomic E-state index is 0.0360. The summed E-state index contributed by atoms with van der Waals surface area (Å²) in [4.78, 5) is 20.0. The molecule has 0 spiro atoms. The van der Waals surface area contributed by atoms with Crippen molar-refractivity contribution < 1.29 is 14.6 Å². The van der Waals surface area contributed by atoms with E-state index in [1.165, 1.54) is 12.1 Å². The molecular weight excluding hydrogens is 242 g/mol. The Hall–Kier alpha value is -2.06. The van der Waals surface area contributed by atoms with Crippen molar-refractivity contribution in [2.75, 3.05) is 13.2 Å². The molecule has 0 aliphatic rings. The summed E-state index contributed by atoms with van der Waals surface area (Å²) in [5, 5.41) is 21.3. The third-order valence-electron chi connectivity index (χ3n) is 2.23. The molecule has 0 amide bonds. The molecule has 18 heavy (non-hydrogen) atoms. The Morgan fingerprint density at radius 2 is 1.94 bits per heavy atom. The maximum Gasteiger partial charge on any atom is 0.281 e. The quantitative estimate of drug-likeness (QED) is 0.446. The van der Waals surface area contributed by atoms with Crippen LogP contribution < -0.4 is 5.73 Å². The third-order valence-corrected chi connectivity index (χ3v) is 2.23. The summed E-state index contributed by atoms with van der Waals surface area (Å²) >= 11 is 0. The smallest absolute Gasteiger partial charge is 0.281 e. The van der Waals surface area contributed by atoms with E-state index in [2.05, 4.69) is 0 Å². The predicted molar refractivity (Wildman–Crippen MR) is 63.1 cm³/mol. The predicted octanol–water partition coefficient (Wildman–Crippen LogP) is 1.37. The first-order chi connectivity index (χ1) is 8.56. The highest BCUT2D eigenvalue weighted by Crippen LogP contribution is 2.25. The number of rotatable bonds is 7. The fourth-order valence-corrected chi connectivity index (χ4v) is 1.33. The van der Waals surface area contributed by atoms with E-state index in [0.717, 1.165) is 6.07 Å². The molecule has 0 saturated carbocycles. The van der Waals surface area contributed by atoms with Gasteiger partial charge < -0.3 is 10.5 Å². The number of hydrogen-bond acceptors (Lipinski definition) is 6. The number of nitrogens with zero attached hydrogens (tertiary/aromatic N) is 2. The maximum atomic E-state index is 10.8. The minimum Gasteiger partial charge on any atom is -0.376 e. The summed E-state index contributed by atoms with van der Waals surface area (Å²) in [7, 11) is 0. The monoisotopic (exact) mass is 255 g/mol. The number of hydrogen-bond donors (Lipinski definition) is 1. The van der Waals surface area contributed by atoms with Crippen LogP contribution in [0, 0.1) is 20.2 Å². The first-order valence-corrected chi connectivity index (χ1v) is 5.25. The number of nitrogens with two attached hydrogens (primary N) is 1. The average Bonchev–Trinajstić information content (AvgIpc) is 2.34. The molecule has 0 heterocycles. The van der Waals surface area contributed by atoms with Crippen LogP contribution in [0.25, 0.3) is 0 Å². The Bertz CT molecular complexity index is 449. The fraction of sp³-hybridized carbons (Fsp3) is 0.400. The highest BCUT2D eigenvalue weighted by molar-refractivity contribution is 5.48. The van der Waals surface area contributed by atoms with Crippen LogP contribution in [0.3, 0.4) is 0 Å². The average molecular weight is 255 g/mol. The third kappa shape index (κ3) is 3.75. The summed E-state index contributed by atoms with van der Waals surface area (Å²) < 4.78 is 5.20. The zero-order valence-corrected chi connectivity index (χ0v) is 9.57. The summed E-state index contributed by atoms with van der Waals surface area (Å²) in [6.07, 6.45) is 0.654. The van der Waals surface area contributed by atoms with E-state index in [-0.39, 0.29) is 18.0 Å². The van der Waals surface area contributed by atoms with Gasteiger partial charge in [-0.15, -0.1) is 0 Å². The lowest BCUT2D eigenvalue weighted by Crippen LogP contribution is -2.05. The molecule has 0 bridgehead atoms. The van der Waals surface area contributed by atoms with E-state index in [4.69, 9.17) is 10.5 Å². The van der Waals surface area contributed by atoms with Crippen LogP contribution in [-0.4, -0.2) is 23.0 Å². The second-order valence-corrected chi connectivity index (χ2v) is 3.52. The van der Waals surface area contributed by atoms with Crippen LogP contribution in [0.4, 0.5) is 11.4 Å². The molecule has 0 radical (unpaired) electrons. The SMILES string of the molecule is NCCCOCc1ccc([N+](=O)[O-])cc1[N+](=O)[O-]. The lowest BCUT2D eigenvalue weighted by Gasteiger charge is -2.04. The van der Waals surface area contributed by atoms with Crippen molar-refractivity contribution >= 4 is 11.4 Å². The molecule has 0 atom stereocenters. The van der Waals surface area contributed by atoms with Gasteiger partial charge in [0.15, 0.2) is 0 Å². The fourth-order valence-electron chi connectivity index (χ4n) is 1.33. The normalized spacial score (nSPS) is 10.3. The van der Waals surface area contributed by atoms with Gasteiger partial charge in [-0.1, -0.05) is 0 Å². The van der Waals surface area contributed by atoms with Gasteiger partial charge in [-0.3, -0.25) is 20.2 Å². The summed E-state index contributed by atoms with van der Waals surface area (Å²) in [5.74, 6) is 0. The van der Waals surface area contributed by atoms with Gasteiger partial charge in [-0.05, 0) is 19.0 Å². The van der Waals surface area contributed by atoms with Crippen LogP contribution in [0.5, 0.6) is 0 Å². The van der Waals surface area contributed by atoms with Crippen molar-refractivity contribution in [2.24, 2.45) is 5.73 Å². The van der Waals surface area contributed by atoms with Crippen molar-refractivity contribution in [1.82, 2.24) is 0 Å². The first kappa shape index (κ1) is 14.0. The molecule has 0 aromatic heterocycles. The molecule has 2 N–H and O–H groups in total. The maximum absolute atomic E-state index is 10.8. The van der Waals surface area contributed by atoms with Gasteiger partial charge in [-0.25, -0.2) is 0 Å². The summed E-state index contributed by atoms with van der Waals surface area (Å²) in [6, 6.07) is 3.48. The molecule has 0 fully saturated rings. The van der Waals surface area contributed by atoms with Crippen LogP contribution >= 0.6 is 0 Å². The molecule has 98 valence electrons. The second-order valence-electron chi connectivity index (χ2n) is 3.52. The van der Waals surface area contributed by atoms with E-state index in [0.29, 0.717) is 25.1 Å². The summed E-state index contributed by atoms with van der Waals surface area (Å²) in [5.41, 5.74) is 4.96. The van der Waals surface area contributed by atoms with Gasteiger partial charge in [0.05, 0.1) is 28.1 Å². The van der Waals surface area contributed by atoms with Crippen LogP contribution in [0.15, 0.2) is 18.2 Å². The van der Waals surface area contributed by atoms with Crippen LogP contribution in [0.2, 0.25) is 0 Å². The van der Waals surface area contributed by atoms with E-state index in [1.807, 2.05) is 0 Å². The van der Waals surface area contributed by atoms with Crippen LogP contribution in [-0.2, 0) is 11.3 Å². The zero-order chi connectivity index (χ0) is 13.5. The second kappa shape index (κ2) is 6.62. The largest absolute Gasteiger partial charge is 0.376 e.